The molecule has 2 heterocycles. The third kappa shape index (κ3) is 3.57. The van der Waals surface area contributed by atoms with Crippen molar-refractivity contribution in [1.29, 1.82) is 0 Å². The number of rotatable bonds is 5. The molecule has 2 aliphatic heterocycles. The largest absolute Gasteiger partial charge is 0.495 e. The van der Waals surface area contributed by atoms with Crippen LogP contribution in [-0.4, -0.2) is 48.5 Å². The summed E-state index contributed by atoms with van der Waals surface area (Å²) in [7, 11) is 1.49. The fraction of sp³-hybridized carbons (Fsp3) is 0.211. The predicted molar refractivity (Wildman–Crippen MR) is 110 cm³/mol. The van der Waals surface area contributed by atoms with Gasteiger partial charge in [-0.25, -0.2) is 4.90 Å². The maximum atomic E-state index is 12.9. The monoisotopic (exact) mass is 447 g/mol. The van der Waals surface area contributed by atoms with Crippen LogP contribution in [0.1, 0.15) is 0 Å². The number of halogens is 2. The molecule has 2 aromatic rings. The summed E-state index contributed by atoms with van der Waals surface area (Å²) >= 11 is 12.0. The van der Waals surface area contributed by atoms with Crippen LogP contribution in [0.5, 0.6) is 5.75 Å². The quantitative estimate of drug-likeness (QED) is 0.709. The van der Waals surface area contributed by atoms with Crippen LogP contribution in [0.25, 0.3) is 0 Å². The second-order valence-corrected chi connectivity index (χ2v) is 7.43. The first-order chi connectivity index (χ1) is 14.4. The van der Waals surface area contributed by atoms with Crippen LogP contribution in [0, 0.1) is 0 Å². The number of methoxy groups -OCH3 is 1. The number of carbonyl (C=O) groups excluding carboxylic acids is 3. The Hall–Kier alpha value is -3.17. The average Bonchev–Trinajstić information content (AvgIpc) is 3.21. The first-order valence-corrected chi connectivity index (χ1v) is 9.59. The van der Waals surface area contributed by atoms with Gasteiger partial charge < -0.3 is 10.1 Å². The summed E-state index contributed by atoms with van der Waals surface area (Å²) in [5, 5.41) is 12.3. The SMILES string of the molecule is COc1ccc(NC(=O)CN2N=N[C@@H]3C(=O)N(c4cccc(Cl)c4)C(=O)[C@@H]32)cc1Cl. The Morgan fingerprint density at radius 2 is 1.97 bits per heavy atom. The molecule has 4 rings (SSSR count). The van der Waals surface area contributed by atoms with Gasteiger partial charge in [0.25, 0.3) is 11.8 Å². The zero-order chi connectivity index (χ0) is 21.4. The van der Waals surface area contributed by atoms with Gasteiger partial charge >= 0.3 is 0 Å². The molecule has 3 amide bonds. The molecule has 9 nitrogen and oxygen atoms in total. The molecule has 1 saturated heterocycles. The van der Waals surface area contributed by atoms with Crippen molar-refractivity contribution in [3.63, 3.8) is 0 Å². The Morgan fingerprint density at radius 1 is 1.17 bits per heavy atom. The highest BCUT2D eigenvalue weighted by Gasteiger charge is 2.55. The van der Waals surface area contributed by atoms with Crippen LogP contribution in [0.15, 0.2) is 52.8 Å². The molecule has 0 aliphatic carbocycles. The molecule has 2 aromatic carbocycles. The van der Waals surface area contributed by atoms with E-state index in [1.54, 1.807) is 30.3 Å². The second-order valence-electron chi connectivity index (χ2n) is 6.58. The van der Waals surface area contributed by atoms with Gasteiger partial charge in [0.1, 0.15) is 12.3 Å². The Bertz CT molecular complexity index is 1080. The third-order valence-electron chi connectivity index (χ3n) is 4.67. The van der Waals surface area contributed by atoms with Crippen LogP contribution in [0.3, 0.4) is 0 Å². The second kappa shape index (κ2) is 7.92. The Morgan fingerprint density at radius 3 is 2.67 bits per heavy atom. The molecule has 0 spiro atoms. The van der Waals surface area contributed by atoms with E-state index in [9.17, 15) is 14.4 Å². The minimum Gasteiger partial charge on any atom is -0.495 e. The predicted octanol–water partition coefficient (Wildman–Crippen LogP) is 2.93. The smallest absolute Gasteiger partial charge is 0.263 e. The van der Waals surface area contributed by atoms with E-state index in [0.29, 0.717) is 27.2 Å². The first-order valence-electron chi connectivity index (χ1n) is 8.83. The molecule has 2 aliphatic rings. The zero-order valence-electron chi connectivity index (χ0n) is 15.6. The number of fused-ring (bicyclic) bond motifs is 1. The number of carbonyl (C=O) groups is 3. The molecule has 0 saturated carbocycles. The number of benzene rings is 2. The van der Waals surface area contributed by atoms with E-state index in [2.05, 4.69) is 15.7 Å². The van der Waals surface area contributed by atoms with Gasteiger partial charge in [0.15, 0.2) is 12.1 Å². The highest BCUT2D eigenvalue weighted by molar-refractivity contribution is 6.32. The Kier molecular flexibility index (Phi) is 5.31. The number of imide groups is 1. The van der Waals surface area contributed by atoms with Crippen molar-refractivity contribution in [3.05, 3.63) is 52.5 Å². The van der Waals surface area contributed by atoms with Gasteiger partial charge in [-0.3, -0.25) is 19.4 Å². The third-order valence-corrected chi connectivity index (χ3v) is 5.20. The van der Waals surface area contributed by atoms with Crippen LogP contribution in [-0.2, 0) is 14.4 Å². The van der Waals surface area contributed by atoms with E-state index in [1.165, 1.54) is 24.3 Å². The van der Waals surface area contributed by atoms with E-state index in [-0.39, 0.29) is 6.54 Å². The number of amides is 3. The Balaban J connectivity index is 1.47. The molecule has 0 unspecified atom stereocenters. The van der Waals surface area contributed by atoms with Crippen molar-refractivity contribution in [1.82, 2.24) is 5.01 Å². The number of hydrogen-bond acceptors (Lipinski definition) is 7. The van der Waals surface area contributed by atoms with E-state index >= 15 is 0 Å². The van der Waals surface area contributed by atoms with E-state index in [4.69, 9.17) is 27.9 Å². The highest BCUT2D eigenvalue weighted by Crippen LogP contribution is 2.33. The number of hydrogen-bond donors (Lipinski definition) is 1. The summed E-state index contributed by atoms with van der Waals surface area (Å²) in [4.78, 5) is 39.1. The lowest BCUT2D eigenvalue weighted by Gasteiger charge is -2.20. The molecule has 11 heteroatoms. The number of nitrogens with zero attached hydrogens (tertiary/aromatic N) is 4. The minimum absolute atomic E-state index is 0.267. The van der Waals surface area contributed by atoms with Gasteiger partial charge in [-0.05, 0) is 36.4 Å². The zero-order valence-corrected chi connectivity index (χ0v) is 17.1. The maximum Gasteiger partial charge on any atom is 0.263 e. The first kappa shape index (κ1) is 20.1. The summed E-state index contributed by atoms with van der Waals surface area (Å²) in [6.45, 7) is -0.267. The van der Waals surface area contributed by atoms with Crippen molar-refractivity contribution in [2.45, 2.75) is 12.1 Å². The number of ether oxygens (including phenoxy) is 1. The van der Waals surface area contributed by atoms with Gasteiger partial charge in [-0.15, -0.1) is 0 Å². The lowest BCUT2D eigenvalue weighted by Crippen LogP contribution is -2.43. The van der Waals surface area contributed by atoms with Gasteiger partial charge in [-0.1, -0.05) is 34.5 Å². The maximum absolute atomic E-state index is 12.9. The lowest BCUT2D eigenvalue weighted by molar-refractivity contribution is -0.123. The molecule has 30 heavy (non-hydrogen) atoms. The van der Waals surface area contributed by atoms with Crippen LogP contribution in [0.2, 0.25) is 10.0 Å². The Labute approximate surface area is 181 Å². The lowest BCUT2D eigenvalue weighted by atomic mass is 10.1. The molecule has 0 radical (unpaired) electrons. The van der Waals surface area contributed by atoms with Gasteiger partial charge in [0.05, 0.1) is 17.8 Å². The normalized spacial score (nSPS) is 20.0. The van der Waals surface area contributed by atoms with Crippen molar-refractivity contribution in [2.24, 2.45) is 10.3 Å². The highest BCUT2D eigenvalue weighted by atomic mass is 35.5. The molecule has 154 valence electrons. The molecule has 0 aromatic heterocycles. The topological polar surface area (TPSA) is 104 Å². The van der Waals surface area contributed by atoms with Crippen molar-refractivity contribution in [3.8, 4) is 5.75 Å². The average molecular weight is 448 g/mol. The molecular weight excluding hydrogens is 433 g/mol. The fourth-order valence-corrected chi connectivity index (χ4v) is 3.76. The molecular formula is C19H15Cl2N5O4. The summed E-state index contributed by atoms with van der Waals surface area (Å²) < 4.78 is 5.07. The van der Waals surface area contributed by atoms with Crippen molar-refractivity contribution < 1.29 is 19.1 Å². The van der Waals surface area contributed by atoms with Crippen molar-refractivity contribution in [2.75, 3.05) is 23.9 Å². The number of anilines is 2. The van der Waals surface area contributed by atoms with Crippen LogP contribution in [0.4, 0.5) is 11.4 Å². The van der Waals surface area contributed by atoms with Gasteiger partial charge in [0.2, 0.25) is 5.91 Å². The van der Waals surface area contributed by atoms with Crippen LogP contribution < -0.4 is 15.0 Å². The van der Waals surface area contributed by atoms with E-state index < -0.39 is 29.8 Å². The van der Waals surface area contributed by atoms with E-state index in [1.807, 2.05) is 0 Å². The minimum atomic E-state index is -1.00. The van der Waals surface area contributed by atoms with Crippen molar-refractivity contribution >= 4 is 52.3 Å². The number of nitrogens with one attached hydrogen (secondary N) is 1. The molecule has 1 N–H and O–H groups in total. The van der Waals surface area contributed by atoms with Gasteiger partial charge in [-0.2, -0.15) is 5.11 Å². The van der Waals surface area contributed by atoms with E-state index in [0.717, 1.165) is 4.90 Å². The standard InChI is InChI=1S/C19H15Cl2N5O4/c1-30-14-6-5-11(8-13(14)21)22-15(27)9-25-17-16(23-24-25)18(28)26(19(17)29)12-4-2-3-10(20)7-12/h2-8,16-17H,9H2,1H3,(H,22,27)/t16-,17+/m0/s1. The molecule has 2 atom stereocenters. The fourth-order valence-electron chi connectivity index (χ4n) is 3.32. The molecule has 1 fully saturated rings. The summed E-state index contributed by atoms with van der Waals surface area (Å²) in [5.41, 5.74) is 0.798. The summed E-state index contributed by atoms with van der Waals surface area (Å²) in [5.74, 6) is -1.00. The summed E-state index contributed by atoms with van der Waals surface area (Å²) in [6.07, 6.45) is 0. The van der Waals surface area contributed by atoms with Crippen LogP contribution >= 0.6 is 23.2 Å². The summed E-state index contributed by atoms with van der Waals surface area (Å²) in [6, 6.07) is 9.19. The van der Waals surface area contributed by atoms with Gasteiger partial charge in [0, 0.05) is 10.7 Å². The molecule has 0 bridgehead atoms.